The van der Waals surface area contributed by atoms with Gasteiger partial charge in [0.1, 0.15) is 10.6 Å². The number of Topliss-reactive ketones (excluding diaryl/α,β-unsaturated/α-hetero) is 1. The van der Waals surface area contributed by atoms with Gasteiger partial charge in [-0.25, -0.2) is 9.78 Å². The molecular weight excluding hydrogens is 324 g/mol. The number of amides is 1. The quantitative estimate of drug-likeness (QED) is 0.465. The molecule has 0 aliphatic heterocycles. The lowest BCUT2D eigenvalue weighted by Gasteiger charge is -2.19. The van der Waals surface area contributed by atoms with Gasteiger partial charge in [-0.1, -0.05) is 32.5 Å². The number of thioether (sulfide) groups is 1. The van der Waals surface area contributed by atoms with Gasteiger partial charge in [-0.2, -0.15) is 0 Å². The van der Waals surface area contributed by atoms with E-state index in [9.17, 15) is 9.59 Å². The fourth-order valence-corrected chi connectivity index (χ4v) is 2.85. The number of hydrogen-bond acceptors (Lipinski definition) is 5. The number of carbonyl (C=O) groups is 2. The van der Waals surface area contributed by atoms with E-state index in [1.807, 2.05) is 26.8 Å². The van der Waals surface area contributed by atoms with Crippen molar-refractivity contribution in [2.24, 2.45) is 0 Å². The summed E-state index contributed by atoms with van der Waals surface area (Å²) in [5.74, 6) is 0.0424. The van der Waals surface area contributed by atoms with Crippen LogP contribution in [0.1, 0.15) is 64.7 Å². The maximum absolute atomic E-state index is 12.4. The Hall–Kier alpha value is -1.56. The Kier molecular flexibility index (Phi) is 7.27. The largest absolute Gasteiger partial charge is 0.444 e. The number of aromatic nitrogens is 1. The number of carbonyl (C=O) groups excluding carboxylic acids is 2. The molecular formula is C18H28N2O3S. The summed E-state index contributed by atoms with van der Waals surface area (Å²) < 4.78 is 5.14. The molecule has 0 aromatic carbocycles. The molecule has 0 aliphatic rings. The summed E-state index contributed by atoms with van der Waals surface area (Å²) in [7, 11) is 0. The summed E-state index contributed by atoms with van der Waals surface area (Å²) in [6, 6.07) is 3.59. The Labute approximate surface area is 149 Å². The van der Waals surface area contributed by atoms with Crippen molar-refractivity contribution in [2.75, 3.05) is 6.54 Å². The van der Waals surface area contributed by atoms with Crippen molar-refractivity contribution in [3.63, 3.8) is 0 Å². The summed E-state index contributed by atoms with van der Waals surface area (Å²) in [4.78, 5) is 28.3. The molecule has 24 heavy (non-hydrogen) atoms. The lowest BCUT2D eigenvalue weighted by Crippen LogP contribution is -2.33. The van der Waals surface area contributed by atoms with Gasteiger partial charge in [0.25, 0.3) is 0 Å². The second-order valence-corrected chi connectivity index (χ2v) is 9.34. The molecule has 1 N–H and O–H groups in total. The maximum atomic E-state index is 12.4. The number of nitrogens with zero attached hydrogens (tertiary/aromatic N) is 1. The molecule has 0 radical (unpaired) electrons. The topological polar surface area (TPSA) is 68.3 Å². The van der Waals surface area contributed by atoms with E-state index in [4.69, 9.17) is 4.74 Å². The third-order valence-electron chi connectivity index (χ3n) is 2.72. The average Bonchev–Trinajstić information content (AvgIpc) is 2.40. The molecule has 0 saturated carbocycles. The molecule has 0 aliphatic carbocycles. The van der Waals surface area contributed by atoms with Crippen LogP contribution in [0.4, 0.5) is 4.79 Å². The van der Waals surface area contributed by atoms with Crippen LogP contribution in [0.3, 0.4) is 0 Å². The van der Waals surface area contributed by atoms with Crippen molar-refractivity contribution in [1.82, 2.24) is 10.3 Å². The second kappa shape index (κ2) is 8.51. The number of ketones is 1. The van der Waals surface area contributed by atoms with Crippen molar-refractivity contribution in [2.45, 2.75) is 69.8 Å². The van der Waals surface area contributed by atoms with Gasteiger partial charge in [0.15, 0.2) is 5.78 Å². The van der Waals surface area contributed by atoms with Crippen LogP contribution in [0.15, 0.2) is 23.4 Å². The normalized spacial score (nSPS) is 11.9. The van der Waals surface area contributed by atoms with Crippen LogP contribution in [0.25, 0.3) is 0 Å². The molecule has 5 nitrogen and oxygen atoms in total. The first-order valence-corrected chi connectivity index (χ1v) is 8.94. The van der Waals surface area contributed by atoms with E-state index in [-0.39, 0.29) is 10.5 Å². The van der Waals surface area contributed by atoms with Gasteiger partial charge in [-0.15, -0.1) is 0 Å². The van der Waals surface area contributed by atoms with Gasteiger partial charge in [0.2, 0.25) is 0 Å². The highest BCUT2D eigenvalue weighted by atomic mass is 32.2. The smallest absolute Gasteiger partial charge is 0.407 e. The fourth-order valence-electron chi connectivity index (χ4n) is 1.86. The van der Waals surface area contributed by atoms with Gasteiger partial charge in [-0.3, -0.25) is 4.79 Å². The predicted molar refractivity (Wildman–Crippen MR) is 97.6 cm³/mol. The minimum atomic E-state index is -0.519. The number of alkyl carbamates (subject to hydrolysis) is 1. The second-order valence-electron chi connectivity index (χ2n) is 7.53. The molecule has 0 unspecified atom stereocenters. The molecule has 1 heterocycles. The zero-order valence-corrected chi connectivity index (χ0v) is 16.3. The van der Waals surface area contributed by atoms with Gasteiger partial charge < -0.3 is 10.1 Å². The van der Waals surface area contributed by atoms with Crippen molar-refractivity contribution < 1.29 is 14.3 Å². The van der Waals surface area contributed by atoms with Crippen LogP contribution in [-0.2, 0) is 4.74 Å². The summed E-state index contributed by atoms with van der Waals surface area (Å²) in [6.45, 7) is 12.1. The molecule has 0 spiro atoms. The fraction of sp³-hybridized carbons (Fsp3) is 0.611. The van der Waals surface area contributed by atoms with E-state index in [0.29, 0.717) is 24.9 Å². The average molecular weight is 353 g/mol. The van der Waals surface area contributed by atoms with Crippen molar-refractivity contribution in [3.8, 4) is 0 Å². The molecule has 1 aromatic rings. The molecule has 1 amide bonds. The number of ether oxygens (including phenoxy) is 1. The van der Waals surface area contributed by atoms with Crippen LogP contribution in [0, 0.1) is 0 Å². The standard InChI is InChI=1S/C18H28N2O3S/c1-17(2,3)23-16(22)20-12-8-10-14(21)13-9-7-11-19-15(13)24-18(4,5)6/h7,9,11H,8,10,12H2,1-6H3,(H,20,22). The number of rotatable bonds is 6. The van der Waals surface area contributed by atoms with Crippen molar-refractivity contribution >= 4 is 23.6 Å². The highest BCUT2D eigenvalue weighted by molar-refractivity contribution is 8.00. The van der Waals surface area contributed by atoms with Crippen LogP contribution in [0.2, 0.25) is 0 Å². The van der Waals surface area contributed by atoms with E-state index in [2.05, 4.69) is 31.1 Å². The SMILES string of the molecule is CC(C)(C)OC(=O)NCCCC(=O)c1cccnc1SC(C)(C)C. The molecule has 0 bridgehead atoms. The Morgan fingerprint density at radius 2 is 1.88 bits per heavy atom. The third-order valence-corrected chi connectivity index (χ3v) is 3.85. The summed E-state index contributed by atoms with van der Waals surface area (Å²) in [5, 5.41) is 3.42. The van der Waals surface area contributed by atoms with Crippen molar-refractivity contribution in [3.05, 3.63) is 23.9 Å². The first kappa shape index (κ1) is 20.5. The van der Waals surface area contributed by atoms with E-state index in [1.165, 1.54) is 0 Å². The Balaban J connectivity index is 2.51. The zero-order valence-electron chi connectivity index (χ0n) is 15.4. The van der Waals surface area contributed by atoms with Gasteiger partial charge in [0.05, 0.1) is 0 Å². The summed E-state index contributed by atoms with van der Waals surface area (Å²) in [6.07, 6.45) is 2.17. The molecule has 134 valence electrons. The zero-order chi connectivity index (χ0) is 18.4. The van der Waals surface area contributed by atoms with Crippen LogP contribution in [-0.4, -0.2) is 33.8 Å². The van der Waals surface area contributed by atoms with Gasteiger partial charge >= 0.3 is 6.09 Å². The van der Waals surface area contributed by atoms with Crippen LogP contribution >= 0.6 is 11.8 Å². The third kappa shape index (κ3) is 8.34. The number of hydrogen-bond donors (Lipinski definition) is 1. The monoisotopic (exact) mass is 352 g/mol. The number of pyridine rings is 1. The first-order chi connectivity index (χ1) is 11.0. The van der Waals surface area contributed by atoms with Crippen LogP contribution < -0.4 is 5.32 Å². The lowest BCUT2D eigenvalue weighted by molar-refractivity contribution is 0.0525. The van der Waals surface area contributed by atoms with E-state index in [1.54, 1.807) is 24.0 Å². The van der Waals surface area contributed by atoms with Gasteiger partial charge in [0, 0.05) is 29.5 Å². The molecule has 1 rings (SSSR count). The minimum Gasteiger partial charge on any atom is -0.444 e. The minimum absolute atomic E-state index is 0.0122. The highest BCUT2D eigenvalue weighted by Crippen LogP contribution is 2.32. The Morgan fingerprint density at radius 1 is 1.21 bits per heavy atom. The number of nitrogens with one attached hydrogen (secondary N) is 1. The summed E-state index contributed by atoms with van der Waals surface area (Å²) >= 11 is 1.58. The Morgan fingerprint density at radius 3 is 2.46 bits per heavy atom. The van der Waals surface area contributed by atoms with Crippen LogP contribution in [0.5, 0.6) is 0 Å². The molecule has 0 saturated heterocycles. The summed E-state index contributed by atoms with van der Waals surface area (Å²) in [5.41, 5.74) is 0.129. The Bertz CT molecular complexity index is 574. The van der Waals surface area contributed by atoms with E-state index in [0.717, 1.165) is 5.03 Å². The van der Waals surface area contributed by atoms with Gasteiger partial charge in [-0.05, 0) is 39.3 Å². The first-order valence-electron chi connectivity index (χ1n) is 8.12. The molecule has 1 aromatic heterocycles. The van der Waals surface area contributed by atoms with Crippen molar-refractivity contribution in [1.29, 1.82) is 0 Å². The molecule has 0 atom stereocenters. The maximum Gasteiger partial charge on any atom is 0.407 e. The van der Waals surface area contributed by atoms with E-state index >= 15 is 0 Å². The van der Waals surface area contributed by atoms with E-state index < -0.39 is 11.7 Å². The lowest BCUT2D eigenvalue weighted by atomic mass is 10.1. The highest BCUT2D eigenvalue weighted by Gasteiger charge is 2.19. The molecule has 6 heteroatoms. The predicted octanol–water partition coefficient (Wildman–Crippen LogP) is 4.46. The molecule has 0 fully saturated rings.